The molecule has 2 unspecified atom stereocenters. The van der Waals surface area contributed by atoms with Gasteiger partial charge in [0.15, 0.2) is 17.3 Å². The van der Waals surface area contributed by atoms with Crippen molar-refractivity contribution in [1.82, 2.24) is 4.57 Å². The highest BCUT2D eigenvalue weighted by Gasteiger charge is 2.51. The number of ether oxygens (including phenoxy) is 3. The Labute approximate surface area is 185 Å². The number of fused-ring (bicyclic) bond motifs is 2. The van der Waals surface area contributed by atoms with Crippen LogP contribution >= 0.6 is 0 Å². The average Bonchev–Trinajstić information content (AvgIpc) is 3.41. The minimum atomic E-state index is -3.28. The van der Waals surface area contributed by atoms with Crippen LogP contribution in [-0.2, 0) is 4.74 Å². The van der Waals surface area contributed by atoms with E-state index in [0.717, 1.165) is 12.3 Å². The average molecular weight is 469 g/mol. The van der Waals surface area contributed by atoms with E-state index in [4.69, 9.17) is 20.3 Å². The molecular weight excluding hydrogens is 447 g/mol. The minimum Gasteiger partial charge on any atom is -0.449 e. The second-order valence-electron chi connectivity index (χ2n) is 8.62. The summed E-state index contributed by atoms with van der Waals surface area (Å²) in [6.07, 6.45) is 1.48. The maximum atomic E-state index is 15.5. The number of hydrogen-bond acceptors (Lipinski definition) is 7. The van der Waals surface area contributed by atoms with Crippen LogP contribution in [0.3, 0.4) is 0 Å². The molecule has 2 saturated heterocycles. The lowest BCUT2D eigenvalue weighted by Gasteiger charge is -2.28. The third kappa shape index (κ3) is 3.57. The molecule has 9 nitrogen and oxygen atoms in total. The molecule has 3 fully saturated rings. The first-order valence-corrected chi connectivity index (χ1v) is 10.6. The summed E-state index contributed by atoms with van der Waals surface area (Å²) in [5.74, 6) is -1.97. The number of nitrogens with two attached hydrogens (primary N) is 1. The van der Waals surface area contributed by atoms with E-state index in [1.54, 1.807) is 4.90 Å². The van der Waals surface area contributed by atoms with Crippen LogP contribution in [0.4, 0.5) is 23.7 Å². The third-order valence-electron chi connectivity index (χ3n) is 6.67. The molecule has 0 radical (unpaired) electrons. The predicted molar refractivity (Wildman–Crippen MR) is 110 cm³/mol. The number of pyridine rings is 1. The zero-order chi connectivity index (χ0) is 23.5. The van der Waals surface area contributed by atoms with E-state index in [1.165, 1.54) is 4.57 Å². The van der Waals surface area contributed by atoms with Crippen LogP contribution in [-0.4, -0.2) is 54.3 Å². The van der Waals surface area contributed by atoms with Crippen LogP contribution in [0.1, 0.15) is 25.3 Å². The lowest BCUT2D eigenvalue weighted by Crippen LogP contribution is -2.44. The van der Waals surface area contributed by atoms with Gasteiger partial charge in [-0.2, -0.15) is 8.78 Å². The molecule has 33 heavy (non-hydrogen) atoms. The van der Waals surface area contributed by atoms with E-state index >= 15 is 4.39 Å². The summed E-state index contributed by atoms with van der Waals surface area (Å²) in [5.41, 5.74) is 4.07. The number of anilines is 1. The van der Waals surface area contributed by atoms with E-state index in [0.29, 0.717) is 32.4 Å². The second kappa shape index (κ2) is 7.80. The molecule has 2 aliphatic heterocycles. The fraction of sp³-hybridized carbons (Fsp3) is 0.524. The summed E-state index contributed by atoms with van der Waals surface area (Å²) in [7, 11) is 0. The molecule has 5 rings (SSSR count). The summed E-state index contributed by atoms with van der Waals surface area (Å²) in [6, 6.07) is 0.725. The molecule has 3 N–H and O–H groups in total. The van der Waals surface area contributed by atoms with Gasteiger partial charge in [-0.1, -0.05) is 0 Å². The minimum absolute atomic E-state index is 0.00559. The molecule has 0 spiro atoms. The molecule has 3 heterocycles. The Hall–Kier alpha value is -2.99. The van der Waals surface area contributed by atoms with Gasteiger partial charge in [-0.15, -0.1) is 0 Å². The molecule has 2 aromatic rings. The standard InChI is InChI=1S/C21H22F3N3O6/c22-13-5-12-15(27(11-1-2-11)7-14(17(12)28)32-20(29)30)18(33-19(23)24)16(13)26-6-10-3-4-31-21(10,8-25)9-26/h5,7,10-11,19H,1-4,6,8-9,25H2,(H,29,30). The van der Waals surface area contributed by atoms with Gasteiger partial charge in [0, 0.05) is 38.2 Å². The van der Waals surface area contributed by atoms with Gasteiger partial charge >= 0.3 is 12.8 Å². The van der Waals surface area contributed by atoms with Crippen LogP contribution in [0, 0.1) is 11.7 Å². The molecule has 1 aliphatic carbocycles. The van der Waals surface area contributed by atoms with Gasteiger partial charge in [0.2, 0.25) is 5.43 Å². The second-order valence-corrected chi connectivity index (χ2v) is 8.62. The lowest BCUT2D eigenvalue weighted by molar-refractivity contribution is -0.0488. The third-order valence-corrected chi connectivity index (χ3v) is 6.67. The Morgan fingerprint density at radius 1 is 1.36 bits per heavy atom. The quantitative estimate of drug-likeness (QED) is 0.621. The Morgan fingerprint density at radius 2 is 2.12 bits per heavy atom. The number of aromatic nitrogens is 1. The van der Waals surface area contributed by atoms with E-state index < -0.39 is 41.1 Å². The normalized spacial score (nSPS) is 24.5. The fourth-order valence-electron chi connectivity index (χ4n) is 5.05. The number of alkyl halides is 2. The van der Waals surface area contributed by atoms with Crippen LogP contribution < -0.4 is 25.5 Å². The van der Waals surface area contributed by atoms with E-state index in [1.807, 2.05) is 0 Å². The zero-order valence-corrected chi connectivity index (χ0v) is 17.4. The van der Waals surface area contributed by atoms with Gasteiger partial charge < -0.3 is 34.5 Å². The van der Waals surface area contributed by atoms with Gasteiger partial charge in [-0.25, -0.2) is 9.18 Å². The molecule has 0 amide bonds. The van der Waals surface area contributed by atoms with Gasteiger partial charge in [0.25, 0.3) is 0 Å². The zero-order valence-electron chi connectivity index (χ0n) is 17.4. The molecule has 1 saturated carbocycles. The van der Waals surface area contributed by atoms with Crippen molar-refractivity contribution in [2.75, 3.05) is 31.1 Å². The van der Waals surface area contributed by atoms with Crippen molar-refractivity contribution < 1.29 is 37.3 Å². The van der Waals surface area contributed by atoms with Crippen molar-refractivity contribution in [1.29, 1.82) is 0 Å². The molecule has 1 aromatic heterocycles. The number of carbonyl (C=O) groups is 1. The van der Waals surface area contributed by atoms with Crippen LogP contribution in [0.5, 0.6) is 11.5 Å². The van der Waals surface area contributed by atoms with Gasteiger partial charge in [0.1, 0.15) is 11.3 Å². The molecule has 2 atom stereocenters. The summed E-state index contributed by atoms with van der Waals surface area (Å²) in [5, 5.41) is 8.65. The highest BCUT2D eigenvalue weighted by molar-refractivity contribution is 5.92. The van der Waals surface area contributed by atoms with Crippen molar-refractivity contribution in [2.24, 2.45) is 11.7 Å². The maximum absolute atomic E-state index is 15.5. The molecule has 0 bridgehead atoms. The number of nitrogens with zero attached hydrogens (tertiary/aromatic N) is 2. The lowest BCUT2D eigenvalue weighted by atomic mass is 9.91. The summed E-state index contributed by atoms with van der Waals surface area (Å²) in [6.45, 7) is -2.06. The Kier molecular flexibility index (Phi) is 5.16. The van der Waals surface area contributed by atoms with Crippen molar-refractivity contribution in [3.63, 3.8) is 0 Å². The smallest absolute Gasteiger partial charge is 0.449 e. The number of halogens is 3. The van der Waals surface area contributed by atoms with Crippen molar-refractivity contribution in [3.8, 4) is 11.5 Å². The largest absolute Gasteiger partial charge is 0.511 e. The van der Waals surface area contributed by atoms with Crippen LogP contribution in [0.25, 0.3) is 10.9 Å². The topological polar surface area (TPSA) is 116 Å². The monoisotopic (exact) mass is 469 g/mol. The summed E-state index contributed by atoms with van der Waals surface area (Å²) >= 11 is 0. The first kappa shape index (κ1) is 21.8. The Balaban J connectivity index is 1.74. The first-order valence-electron chi connectivity index (χ1n) is 10.6. The van der Waals surface area contributed by atoms with Gasteiger partial charge in [-0.3, -0.25) is 4.79 Å². The predicted octanol–water partition coefficient (Wildman–Crippen LogP) is 2.69. The highest BCUT2D eigenvalue weighted by atomic mass is 19.3. The number of rotatable bonds is 6. The fourth-order valence-corrected chi connectivity index (χ4v) is 5.05. The summed E-state index contributed by atoms with van der Waals surface area (Å²) < 4.78 is 59.2. The molecule has 12 heteroatoms. The van der Waals surface area contributed by atoms with Gasteiger partial charge in [0.05, 0.1) is 17.1 Å². The Bertz CT molecular complexity index is 1180. The maximum Gasteiger partial charge on any atom is 0.511 e. The van der Waals surface area contributed by atoms with E-state index in [-0.39, 0.29) is 41.6 Å². The van der Waals surface area contributed by atoms with Crippen LogP contribution in [0.15, 0.2) is 17.1 Å². The van der Waals surface area contributed by atoms with Crippen molar-refractivity contribution >= 4 is 22.7 Å². The van der Waals surface area contributed by atoms with E-state index in [9.17, 15) is 18.4 Å². The molecule has 178 valence electrons. The molecule has 3 aliphatic rings. The number of carboxylic acid groups (broad SMARTS) is 1. The first-order chi connectivity index (χ1) is 15.7. The van der Waals surface area contributed by atoms with Crippen molar-refractivity contribution in [2.45, 2.75) is 37.5 Å². The van der Waals surface area contributed by atoms with E-state index in [2.05, 4.69) is 4.74 Å². The Morgan fingerprint density at radius 3 is 2.73 bits per heavy atom. The number of benzene rings is 1. The van der Waals surface area contributed by atoms with Gasteiger partial charge in [-0.05, 0) is 25.3 Å². The van der Waals surface area contributed by atoms with Crippen LogP contribution in [0.2, 0.25) is 0 Å². The molecule has 1 aromatic carbocycles. The molecular formula is C21H22F3N3O6. The summed E-state index contributed by atoms with van der Waals surface area (Å²) in [4.78, 5) is 25.5. The number of hydrogen-bond donors (Lipinski definition) is 2. The highest BCUT2D eigenvalue weighted by Crippen LogP contribution is 2.48. The SMILES string of the molecule is NCC12CN(c3c(F)cc4c(=O)c(OC(=O)O)cn(C5CC5)c4c3OC(F)F)CC1CCO2. The van der Waals surface area contributed by atoms with Crippen molar-refractivity contribution in [3.05, 3.63) is 28.3 Å².